The Bertz CT molecular complexity index is 1130. The Morgan fingerprint density at radius 1 is 1.30 bits per heavy atom. The smallest absolute Gasteiger partial charge is 0.407 e. The summed E-state index contributed by atoms with van der Waals surface area (Å²) < 4.78 is 15.3. The van der Waals surface area contributed by atoms with E-state index in [1.54, 1.807) is 24.3 Å². The lowest BCUT2D eigenvalue weighted by atomic mass is 9.63. The SMILES string of the molecule is CC(C)(CCO)CC1CN(C(=O)O)C(c2cccc(Cl)c2F)C12C(=O)Nc1cc(Cl)ccc12. The van der Waals surface area contributed by atoms with Crippen LogP contribution in [0, 0.1) is 17.2 Å². The van der Waals surface area contributed by atoms with E-state index >= 15 is 4.39 Å². The van der Waals surface area contributed by atoms with Crippen LogP contribution in [0.15, 0.2) is 36.4 Å². The van der Waals surface area contributed by atoms with E-state index in [2.05, 4.69) is 5.32 Å². The van der Waals surface area contributed by atoms with Crippen LogP contribution in [0.3, 0.4) is 0 Å². The molecule has 0 aliphatic carbocycles. The molecular formula is C24H25Cl2FN2O4. The number of nitrogens with one attached hydrogen (secondary N) is 1. The largest absolute Gasteiger partial charge is 0.465 e. The zero-order valence-corrected chi connectivity index (χ0v) is 19.8. The maximum atomic E-state index is 15.3. The van der Waals surface area contributed by atoms with Crippen molar-refractivity contribution >= 4 is 40.9 Å². The van der Waals surface area contributed by atoms with Gasteiger partial charge in [-0.05, 0) is 47.9 Å². The number of aliphatic hydroxyl groups is 1. The van der Waals surface area contributed by atoms with Crippen LogP contribution >= 0.6 is 23.2 Å². The average molecular weight is 495 g/mol. The van der Waals surface area contributed by atoms with E-state index < -0.39 is 40.6 Å². The number of amides is 2. The van der Waals surface area contributed by atoms with E-state index in [0.717, 1.165) is 4.90 Å². The molecule has 6 nitrogen and oxygen atoms in total. The summed E-state index contributed by atoms with van der Waals surface area (Å²) in [6, 6.07) is 8.26. The topological polar surface area (TPSA) is 89.9 Å². The molecule has 2 amide bonds. The van der Waals surface area contributed by atoms with Gasteiger partial charge >= 0.3 is 6.09 Å². The minimum atomic E-state index is -1.39. The quantitative estimate of drug-likeness (QED) is 0.513. The molecule has 176 valence electrons. The van der Waals surface area contributed by atoms with E-state index in [-0.39, 0.29) is 23.7 Å². The molecule has 2 heterocycles. The number of carboxylic acid groups (broad SMARTS) is 1. The van der Waals surface area contributed by atoms with Gasteiger partial charge in [-0.2, -0.15) is 0 Å². The highest BCUT2D eigenvalue weighted by molar-refractivity contribution is 6.31. The van der Waals surface area contributed by atoms with Crippen molar-refractivity contribution in [2.24, 2.45) is 11.3 Å². The molecule has 0 saturated carbocycles. The highest BCUT2D eigenvalue weighted by Crippen LogP contribution is 2.60. The Labute approximate surface area is 201 Å². The van der Waals surface area contributed by atoms with Gasteiger partial charge in [-0.15, -0.1) is 0 Å². The fourth-order valence-electron chi connectivity index (χ4n) is 5.59. The van der Waals surface area contributed by atoms with E-state index in [4.69, 9.17) is 23.2 Å². The Morgan fingerprint density at radius 3 is 2.70 bits per heavy atom. The molecule has 3 N–H and O–H groups in total. The number of nitrogens with zero attached hydrogens (tertiary/aromatic N) is 1. The van der Waals surface area contributed by atoms with Gasteiger partial charge in [0.15, 0.2) is 0 Å². The van der Waals surface area contributed by atoms with E-state index in [1.807, 2.05) is 13.8 Å². The van der Waals surface area contributed by atoms with Crippen molar-refractivity contribution in [1.82, 2.24) is 4.90 Å². The van der Waals surface area contributed by atoms with Gasteiger partial charge in [0.25, 0.3) is 0 Å². The summed E-state index contributed by atoms with van der Waals surface area (Å²) >= 11 is 12.2. The first-order valence-corrected chi connectivity index (χ1v) is 11.4. The summed E-state index contributed by atoms with van der Waals surface area (Å²) in [5.74, 6) is -1.64. The number of rotatable bonds is 5. The Balaban J connectivity index is 2.00. The third-order valence-electron chi connectivity index (χ3n) is 6.96. The summed E-state index contributed by atoms with van der Waals surface area (Å²) in [4.78, 5) is 27.3. The Hall–Kier alpha value is -2.35. The van der Waals surface area contributed by atoms with Gasteiger partial charge in [-0.1, -0.05) is 55.2 Å². The minimum Gasteiger partial charge on any atom is -0.465 e. The predicted octanol–water partition coefficient (Wildman–Crippen LogP) is 5.47. The van der Waals surface area contributed by atoms with Crippen LogP contribution in [0.1, 0.15) is 43.9 Å². The molecule has 0 aromatic heterocycles. The monoisotopic (exact) mass is 494 g/mol. The summed E-state index contributed by atoms with van der Waals surface area (Å²) in [6.45, 7) is 3.91. The first-order valence-electron chi connectivity index (χ1n) is 10.7. The molecule has 2 aromatic rings. The van der Waals surface area contributed by atoms with Crippen LogP contribution in [0.4, 0.5) is 14.9 Å². The number of halogens is 3. The zero-order valence-electron chi connectivity index (χ0n) is 18.2. The molecule has 3 atom stereocenters. The fourth-order valence-corrected chi connectivity index (χ4v) is 5.95. The zero-order chi connectivity index (χ0) is 24.1. The second-order valence-corrected chi connectivity index (χ2v) is 10.4. The third-order valence-corrected chi connectivity index (χ3v) is 7.49. The predicted molar refractivity (Wildman–Crippen MR) is 124 cm³/mol. The lowest BCUT2D eigenvalue weighted by molar-refractivity contribution is -0.123. The highest BCUT2D eigenvalue weighted by atomic mass is 35.5. The summed E-state index contributed by atoms with van der Waals surface area (Å²) in [5.41, 5.74) is -0.679. The van der Waals surface area contributed by atoms with Gasteiger partial charge < -0.3 is 15.5 Å². The van der Waals surface area contributed by atoms with Gasteiger partial charge in [0.05, 0.1) is 11.1 Å². The fraction of sp³-hybridized carbons (Fsp3) is 0.417. The Kier molecular flexibility index (Phi) is 6.10. The maximum Gasteiger partial charge on any atom is 0.407 e. The van der Waals surface area contributed by atoms with Crippen molar-refractivity contribution in [3.05, 3.63) is 63.4 Å². The molecule has 2 aliphatic rings. The third kappa shape index (κ3) is 3.76. The molecule has 2 aromatic carbocycles. The molecule has 1 spiro atoms. The lowest BCUT2D eigenvalue weighted by Crippen LogP contribution is -2.46. The normalized spacial score (nSPS) is 24.3. The lowest BCUT2D eigenvalue weighted by Gasteiger charge is -2.38. The van der Waals surface area contributed by atoms with Crippen LogP contribution < -0.4 is 5.32 Å². The van der Waals surface area contributed by atoms with E-state index in [1.165, 1.54) is 12.1 Å². The average Bonchev–Trinajstić information content (AvgIpc) is 3.19. The van der Waals surface area contributed by atoms with Gasteiger partial charge in [0.2, 0.25) is 5.91 Å². The number of likely N-dealkylation sites (tertiary alicyclic amines) is 1. The maximum absolute atomic E-state index is 15.3. The van der Waals surface area contributed by atoms with Crippen LogP contribution in [0.25, 0.3) is 0 Å². The molecule has 4 rings (SSSR count). The van der Waals surface area contributed by atoms with Gasteiger partial charge in [0.1, 0.15) is 11.2 Å². The van der Waals surface area contributed by atoms with Crippen molar-refractivity contribution in [2.45, 2.75) is 38.1 Å². The minimum absolute atomic E-state index is 0.0241. The van der Waals surface area contributed by atoms with Gasteiger partial charge in [0, 0.05) is 29.4 Å². The van der Waals surface area contributed by atoms with Crippen molar-refractivity contribution in [2.75, 3.05) is 18.5 Å². The van der Waals surface area contributed by atoms with Crippen molar-refractivity contribution in [3.8, 4) is 0 Å². The first kappa shape index (κ1) is 23.8. The second kappa shape index (κ2) is 8.46. The molecular weight excluding hydrogens is 470 g/mol. The molecule has 9 heteroatoms. The summed E-state index contributed by atoms with van der Waals surface area (Å²) in [5, 5.41) is 22.8. The van der Waals surface area contributed by atoms with Gasteiger partial charge in [-0.3, -0.25) is 9.69 Å². The molecule has 1 saturated heterocycles. The number of fused-ring (bicyclic) bond motifs is 2. The standard InChI is InChI=1S/C24H25Cl2FN2O4/c1-23(2,8-9-30)11-13-12-29(22(32)33)20(15-4-3-5-17(26)19(15)27)24(13)16-7-6-14(25)10-18(16)28-21(24)31/h3-7,10,13,20,30H,8-9,11-12H2,1-2H3,(H,28,31)(H,32,33). The van der Waals surface area contributed by atoms with Gasteiger partial charge in [-0.25, -0.2) is 9.18 Å². The molecule has 33 heavy (non-hydrogen) atoms. The first-order chi connectivity index (χ1) is 15.5. The number of carbonyl (C=O) groups excluding carboxylic acids is 1. The van der Waals surface area contributed by atoms with Crippen molar-refractivity contribution in [3.63, 3.8) is 0 Å². The van der Waals surface area contributed by atoms with Crippen LogP contribution in [0.5, 0.6) is 0 Å². The number of hydrogen-bond acceptors (Lipinski definition) is 3. The second-order valence-electron chi connectivity index (χ2n) is 9.53. The number of carbonyl (C=O) groups is 2. The highest BCUT2D eigenvalue weighted by Gasteiger charge is 2.65. The molecule has 0 radical (unpaired) electrons. The molecule has 3 unspecified atom stereocenters. The van der Waals surface area contributed by atoms with E-state index in [9.17, 15) is 19.8 Å². The van der Waals surface area contributed by atoms with Crippen LogP contribution in [-0.2, 0) is 10.2 Å². The van der Waals surface area contributed by atoms with Crippen molar-refractivity contribution in [1.29, 1.82) is 0 Å². The van der Waals surface area contributed by atoms with Crippen LogP contribution in [-0.4, -0.2) is 40.3 Å². The molecule has 0 bridgehead atoms. The number of benzene rings is 2. The number of hydrogen-bond donors (Lipinski definition) is 3. The summed E-state index contributed by atoms with van der Waals surface area (Å²) in [6.07, 6.45) is -0.347. The van der Waals surface area contributed by atoms with Crippen molar-refractivity contribution < 1.29 is 24.2 Å². The van der Waals surface area contributed by atoms with Crippen LogP contribution in [0.2, 0.25) is 10.0 Å². The van der Waals surface area contributed by atoms with E-state index in [0.29, 0.717) is 29.1 Å². The Morgan fingerprint density at radius 2 is 2.03 bits per heavy atom. The molecule has 2 aliphatic heterocycles. The molecule has 1 fully saturated rings. The summed E-state index contributed by atoms with van der Waals surface area (Å²) in [7, 11) is 0. The number of aliphatic hydroxyl groups excluding tert-OH is 1. The number of anilines is 1.